The van der Waals surface area contributed by atoms with Gasteiger partial charge >= 0.3 is 0 Å². The van der Waals surface area contributed by atoms with Gasteiger partial charge in [-0.05, 0) is 49.0 Å². The molecule has 0 aliphatic carbocycles. The number of aryl methyl sites for hydroxylation is 1. The van der Waals surface area contributed by atoms with E-state index in [2.05, 4.69) is 15.3 Å². The number of rotatable bonds is 7. The molecular formula is C22H20N4O3S3. The molecule has 7 nitrogen and oxygen atoms in total. The fraction of sp³-hybridized carbons (Fsp3) is 0.182. The summed E-state index contributed by atoms with van der Waals surface area (Å²) in [5.41, 5.74) is 3.17. The first kappa shape index (κ1) is 22.3. The molecule has 0 radical (unpaired) electrons. The van der Waals surface area contributed by atoms with Crippen molar-refractivity contribution in [2.24, 2.45) is 0 Å². The van der Waals surface area contributed by atoms with Crippen LogP contribution in [-0.4, -0.2) is 33.3 Å². The quantitative estimate of drug-likeness (QED) is 0.232. The number of amides is 1. The number of fused-ring (bicyclic) bond motifs is 1. The number of carbonyl (C=O) groups is 1. The highest BCUT2D eigenvalue weighted by Crippen LogP contribution is 2.24. The SMILES string of the molecule is COc1ccc(CNC(=O)CSc2nc3c(sc(=S)n3-c3ccc(C)cc3)c(=O)[nH]2)cc1. The van der Waals surface area contributed by atoms with E-state index in [1.807, 2.05) is 55.5 Å². The number of methoxy groups -OCH3 is 1. The minimum atomic E-state index is -0.266. The number of thiazole rings is 1. The van der Waals surface area contributed by atoms with E-state index in [0.717, 1.165) is 22.6 Å². The van der Waals surface area contributed by atoms with Crippen LogP contribution < -0.4 is 15.6 Å². The molecule has 2 heterocycles. The molecule has 1 amide bonds. The van der Waals surface area contributed by atoms with Gasteiger partial charge in [0.2, 0.25) is 5.91 Å². The lowest BCUT2D eigenvalue weighted by molar-refractivity contribution is -0.118. The molecule has 2 aromatic carbocycles. The summed E-state index contributed by atoms with van der Waals surface area (Å²) < 4.78 is 7.93. The highest BCUT2D eigenvalue weighted by molar-refractivity contribution is 7.99. The molecule has 2 N–H and O–H groups in total. The van der Waals surface area contributed by atoms with Crippen molar-refractivity contribution in [1.82, 2.24) is 19.9 Å². The number of H-pyrrole nitrogens is 1. The van der Waals surface area contributed by atoms with Crippen LogP contribution in [0.1, 0.15) is 11.1 Å². The number of carbonyl (C=O) groups excluding carboxylic acids is 1. The van der Waals surface area contributed by atoms with Gasteiger partial charge in [-0.2, -0.15) is 0 Å². The Bertz CT molecular complexity index is 1370. The van der Waals surface area contributed by atoms with E-state index in [4.69, 9.17) is 17.0 Å². The van der Waals surface area contributed by atoms with Crippen molar-refractivity contribution in [2.45, 2.75) is 18.6 Å². The van der Waals surface area contributed by atoms with Gasteiger partial charge in [-0.15, -0.1) is 0 Å². The highest BCUT2D eigenvalue weighted by Gasteiger charge is 2.14. The molecule has 0 saturated heterocycles. The smallest absolute Gasteiger partial charge is 0.271 e. The normalized spacial score (nSPS) is 10.9. The van der Waals surface area contributed by atoms with Crippen molar-refractivity contribution in [3.8, 4) is 11.4 Å². The lowest BCUT2D eigenvalue weighted by Crippen LogP contribution is -2.24. The van der Waals surface area contributed by atoms with Crippen LogP contribution >= 0.6 is 35.3 Å². The third kappa shape index (κ3) is 4.93. The van der Waals surface area contributed by atoms with E-state index < -0.39 is 0 Å². The van der Waals surface area contributed by atoms with Gasteiger partial charge in [-0.1, -0.05) is 52.9 Å². The average molecular weight is 485 g/mol. The van der Waals surface area contributed by atoms with Gasteiger partial charge in [-0.3, -0.25) is 14.2 Å². The van der Waals surface area contributed by atoms with Crippen LogP contribution in [-0.2, 0) is 11.3 Å². The standard InChI is InChI=1S/C22H20N4O3S3/c1-13-3-7-15(8-4-13)26-19-18(32-22(26)30)20(28)25-21(24-19)31-12-17(27)23-11-14-5-9-16(29-2)10-6-14/h3-10H,11-12H2,1-2H3,(H,23,27)(H,24,25,28). The summed E-state index contributed by atoms with van der Waals surface area (Å²) in [7, 11) is 1.61. The molecule has 4 aromatic rings. The van der Waals surface area contributed by atoms with Crippen molar-refractivity contribution in [2.75, 3.05) is 12.9 Å². The van der Waals surface area contributed by atoms with E-state index in [9.17, 15) is 9.59 Å². The maximum Gasteiger partial charge on any atom is 0.271 e. The zero-order chi connectivity index (χ0) is 22.7. The van der Waals surface area contributed by atoms with E-state index in [-0.39, 0.29) is 17.2 Å². The third-order valence-electron chi connectivity index (χ3n) is 4.70. The minimum absolute atomic E-state index is 0.125. The molecule has 0 spiro atoms. The number of nitrogens with zero attached hydrogens (tertiary/aromatic N) is 2. The predicted octanol–water partition coefficient (Wildman–Crippen LogP) is 4.23. The molecule has 0 saturated carbocycles. The monoisotopic (exact) mass is 484 g/mol. The molecule has 0 unspecified atom stereocenters. The van der Waals surface area contributed by atoms with Crippen LogP contribution in [0.5, 0.6) is 5.75 Å². The predicted molar refractivity (Wildman–Crippen MR) is 131 cm³/mol. The lowest BCUT2D eigenvalue weighted by Gasteiger charge is -2.07. The molecule has 0 atom stereocenters. The Morgan fingerprint density at radius 3 is 2.62 bits per heavy atom. The highest BCUT2D eigenvalue weighted by atomic mass is 32.2. The second kappa shape index (κ2) is 9.68. The summed E-state index contributed by atoms with van der Waals surface area (Å²) in [4.78, 5) is 32.2. The topological polar surface area (TPSA) is 89.0 Å². The molecule has 0 bridgehead atoms. The summed E-state index contributed by atoms with van der Waals surface area (Å²) in [6.45, 7) is 2.41. The van der Waals surface area contributed by atoms with E-state index >= 15 is 0 Å². The van der Waals surface area contributed by atoms with Crippen LogP contribution in [0.3, 0.4) is 0 Å². The Labute approximate surface area is 197 Å². The Balaban J connectivity index is 1.49. The van der Waals surface area contributed by atoms with E-state index in [1.165, 1.54) is 23.1 Å². The molecule has 32 heavy (non-hydrogen) atoms. The number of hydrogen-bond donors (Lipinski definition) is 2. The molecule has 0 aliphatic heterocycles. The van der Waals surface area contributed by atoms with Crippen molar-refractivity contribution >= 4 is 51.6 Å². The second-order valence-corrected chi connectivity index (χ2v) is 9.58. The first-order chi connectivity index (χ1) is 15.4. The number of thioether (sulfide) groups is 1. The molecule has 10 heteroatoms. The van der Waals surface area contributed by atoms with Crippen molar-refractivity contribution in [3.63, 3.8) is 0 Å². The van der Waals surface area contributed by atoms with Crippen LogP contribution in [0.15, 0.2) is 58.5 Å². The maximum atomic E-state index is 12.6. The van der Waals surface area contributed by atoms with Crippen molar-refractivity contribution < 1.29 is 9.53 Å². The average Bonchev–Trinajstić information content (AvgIpc) is 3.13. The van der Waals surface area contributed by atoms with Gasteiger partial charge in [0.15, 0.2) is 14.8 Å². The first-order valence-electron chi connectivity index (χ1n) is 9.70. The lowest BCUT2D eigenvalue weighted by atomic mass is 10.2. The molecule has 164 valence electrons. The second-order valence-electron chi connectivity index (χ2n) is 6.98. The zero-order valence-electron chi connectivity index (χ0n) is 17.4. The summed E-state index contributed by atoms with van der Waals surface area (Å²) in [6.07, 6.45) is 0. The van der Waals surface area contributed by atoms with Gasteiger partial charge < -0.3 is 15.0 Å². The van der Waals surface area contributed by atoms with Gasteiger partial charge in [0.05, 0.1) is 12.9 Å². The van der Waals surface area contributed by atoms with Crippen molar-refractivity contribution in [3.05, 3.63) is 74.0 Å². The Morgan fingerprint density at radius 2 is 1.94 bits per heavy atom. The Kier molecular flexibility index (Phi) is 6.73. The number of aromatic nitrogens is 3. The number of benzene rings is 2. The molecular weight excluding hydrogens is 464 g/mol. The minimum Gasteiger partial charge on any atom is -0.497 e. The molecule has 0 fully saturated rings. The fourth-order valence-electron chi connectivity index (χ4n) is 3.01. The van der Waals surface area contributed by atoms with Crippen LogP contribution in [0.4, 0.5) is 0 Å². The van der Waals surface area contributed by atoms with Crippen LogP contribution in [0, 0.1) is 10.9 Å². The summed E-state index contributed by atoms with van der Waals surface area (Å²) in [6, 6.07) is 15.3. The molecule has 0 aliphatic rings. The number of nitrogens with one attached hydrogen (secondary N) is 2. The van der Waals surface area contributed by atoms with E-state index in [0.29, 0.717) is 26.0 Å². The Morgan fingerprint density at radius 1 is 1.22 bits per heavy atom. The molecule has 2 aromatic heterocycles. The van der Waals surface area contributed by atoms with Gasteiger partial charge in [0.1, 0.15) is 10.4 Å². The van der Waals surface area contributed by atoms with Crippen molar-refractivity contribution in [1.29, 1.82) is 0 Å². The van der Waals surface area contributed by atoms with Gasteiger partial charge in [0, 0.05) is 12.2 Å². The summed E-state index contributed by atoms with van der Waals surface area (Å²) in [5.74, 6) is 0.730. The zero-order valence-corrected chi connectivity index (χ0v) is 19.8. The third-order valence-corrected chi connectivity index (χ3v) is 6.94. The van der Waals surface area contributed by atoms with Crippen LogP contribution in [0.2, 0.25) is 0 Å². The number of ether oxygens (including phenoxy) is 1. The maximum absolute atomic E-state index is 12.6. The summed E-state index contributed by atoms with van der Waals surface area (Å²) in [5, 5.41) is 3.24. The largest absolute Gasteiger partial charge is 0.497 e. The van der Waals surface area contributed by atoms with E-state index in [1.54, 1.807) is 11.7 Å². The summed E-state index contributed by atoms with van der Waals surface area (Å²) >= 11 is 7.88. The van der Waals surface area contributed by atoms with Crippen LogP contribution in [0.25, 0.3) is 16.0 Å². The number of aromatic amines is 1. The fourth-order valence-corrected chi connectivity index (χ4v) is 4.97. The van der Waals surface area contributed by atoms with Gasteiger partial charge in [0.25, 0.3) is 5.56 Å². The van der Waals surface area contributed by atoms with Gasteiger partial charge in [-0.25, -0.2) is 4.98 Å². The molecule has 4 rings (SSSR count). The first-order valence-corrected chi connectivity index (χ1v) is 11.9. The Hall–Kier alpha value is -2.95. The number of hydrogen-bond acceptors (Lipinski definition) is 7.